The summed E-state index contributed by atoms with van der Waals surface area (Å²) in [6.07, 6.45) is 0.0296. The number of ketones is 1. The minimum atomic E-state index is -0.296. The molecule has 1 atom stereocenters. The van der Waals surface area contributed by atoms with E-state index in [-0.39, 0.29) is 11.9 Å². The quantitative estimate of drug-likeness (QED) is 0.607. The zero-order chi connectivity index (χ0) is 14.3. The summed E-state index contributed by atoms with van der Waals surface area (Å²) in [5.41, 5.74) is 1.53. The first-order valence-electron chi connectivity index (χ1n) is 5.99. The number of hydrogen-bond donors (Lipinski definition) is 0. The molecule has 102 valence electrons. The summed E-state index contributed by atoms with van der Waals surface area (Å²) in [5, 5.41) is 0.610. The number of carbonyl (C=O) groups is 1. The van der Waals surface area contributed by atoms with Gasteiger partial charge in [0.05, 0.1) is 17.0 Å². The fourth-order valence-electron chi connectivity index (χ4n) is 2.20. The molecule has 1 unspecified atom stereocenters. The lowest BCUT2D eigenvalue weighted by molar-refractivity contribution is 0.0850. The second kappa shape index (κ2) is 5.51. The summed E-state index contributed by atoms with van der Waals surface area (Å²) in [7, 11) is 0. The molecule has 0 bridgehead atoms. The lowest BCUT2D eigenvalue weighted by Gasteiger charge is -2.26. The predicted octanol–water partition coefficient (Wildman–Crippen LogP) is 5.57. The highest BCUT2D eigenvalue weighted by atomic mass is 79.9. The van der Waals surface area contributed by atoms with Gasteiger partial charge >= 0.3 is 0 Å². The van der Waals surface area contributed by atoms with Gasteiger partial charge in [0.2, 0.25) is 0 Å². The molecule has 0 saturated heterocycles. The van der Waals surface area contributed by atoms with Crippen molar-refractivity contribution < 1.29 is 9.53 Å². The smallest absolute Gasteiger partial charge is 0.170 e. The molecule has 1 aliphatic heterocycles. The molecule has 2 nitrogen and oxygen atoms in total. The van der Waals surface area contributed by atoms with Crippen LogP contribution in [0.15, 0.2) is 45.3 Å². The Morgan fingerprint density at radius 3 is 2.70 bits per heavy atom. The molecule has 0 N–H and O–H groups in total. The molecule has 5 heteroatoms. The normalized spacial score (nSPS) is 17.6. The molecule has 2 aromatic rings. The van der Waals surface area contributed by atoms with Gasteiger partial charge in [0, 0.05) is 8.95 Å². The largest absolute Gasteiger partial charge is 0.484 e. The van der Waals surface area contributed by atoms with Crippen molar-refractivity contribution in [1.29, 1.82) is 0 Å². The average molecular weight is 416 g/mol. The summed E-state index contributed by atoms with van der Waals surface area (Å²) in [5.74, 6) is 0.697. The zero-order valence-electron chi connectivity index (χ0n) is 10.2. The van der Waals surface area contributed by atoms with Crippen LogP contribution >= 0.6 is 43.5 Å². The van der Waals surface area contributed by atoms with Gasteiger partial charge in [-0.15, -0.1) is 0 Å². The van der Waals surface area contributed by atoms with Gasteiger partial charge in [0.25, 0.3) is 0 Å². The molecular weight excluding hydrogens is 407 g/mol. The summed E-state index contributed by atoms with van der Waals surface area (Å²) >= 11 is 12.8. The molecule has 0 aliphatic carbocycles. The fraction of sp³-hybridized carbons (Fsp3) is 0.133. The van der Waals surface area contributed by atoms with Crippen LogP contribution < -0.4 is 4.74 Å². The first-order chi connectivity index (χ1) is 9.54. The highest BCUT2D eigenvalue weighted by Crippen LogP contribution is 2.37. The van der Waals surface area contributed by atoms with E-state index in [4.69, 9.17) is 16.3 Å². The van der Waals surface area contributed by atoms with Gasteiger partial charge in [0.15, 0.2) is 5.78 Å². The van der Waals surface area contributed by atoms with E-state index in [9.17, 15) is 4.79 Å². The molecule has 20 heavy (non-hydrogen) atoms. The standard InChI is InChI=1S/C15H9Br2ClO2/c16-9-2-3-10-13(19)7-14(20-15(10)6-9)8-1-4-11(17)12(18)5-8/h1-6,14H,7H2. The van der Waals surface area contributed by atoms with Crippen molar-refractivity contribution in [3.05, 3.63) is 61.5 Å². The summed E-state index contributed by atoms with van der Waals surface area (Å²) in [4.78, 5) is 12.2. The van der Waals surface area contributed by atoms with Gasteiger partial charge in [-0.05, 0) is 51.8 Å². The predicted molar refractivity (Wildman–Crippen MR) is 85.6 cm³/mol. The molecule has 2 aromatic carbocycles. The molecule has 1 aliphatic rings. The van der Waals surface area contributed by atoms with E-state index in [0.29, 0.717) is 22.8 Å². The van der Waals surface area contributed by atoms with Crippen LogP contribution in [0.2, 0.25) is 5.02 Å². The molecule has 0 saturated carbocycles. The number of halogens is 3. The number of rotatable bonds is 1. The molecule has 1 heterocycles. The van der Waals surface area contributed by atoms with Crippen LogP contribution in [0.25, 0.3) is 0 Å². The lowest BCUT2D eigenvalue weighted by Crippen LogP contribution is -2.20. The highest BCUT2D eigenvalue weighted by Gasteiger charge is 2.28. The van der Waals surface area contributed by atoms with Crippen molar-refractivity contribution in [2.45, 2.75) is 12.5 Å². The van der Waals surface area contributed by atoms with Crippen LogP contribution in [-0.4, -0.2) is 5.78 Å². The van der Waals surface area contributed by atoms with Crippen LogP contribution in [0.5, 0.6) is 5.75 Å². The Balaban J connectivity index is 1.98. The van der Waals surface area contributed by atoms with E-state index in [1.54, 1.807) is 6.07 Å². The van der Waals surface area contributed by atoms with Crippen molar-refractivity contribution in [3.8, 4) is 5.75 Å². The van der Waals surface area contributed by atoms with Gasteiger partial charge < -0.3 is 4.74 Å². The summed E-state index contributed by atoms with van der Waals surface area (Å²) < 4.78 is 7.65. The van der Waals surface area contributed by atoms with Gasteiger partial charge in [0.1, 0.15) is 11.9 Å². The van der Waals surface area contributed by atoms with Crippen LogP contribution in [-0.2, 0) is 0 Å². The van der Waals surface area contributed by atoms with Gasteiger partial charge in [-0.1, -0.05) is 33.6 Å². The Kier molecular flexibility index (Phi) is 3.89. The minimum Gasteiger partial charge on any atom is -0.484 e. The Morgan fingerprint density at radius 1 is 1.15 bits per heavy atom. The molecule has 0 fully saturated rings. The molecule has 0 spiro atoms. The van der Waals surface area contributed by atoms with E-state index < -0.39 is 0 Å². The second-order valence-corrected chi connectivity index (χ2v) is 6.73. The second-order valence-electron chi connectivity index (χ2n) is 4.55. The van der Waals surface area contributed by atoms with Gasteiger partial charge in [-0.25, -0.2) is 0 Å². The Morgan fingerprint density at radius 2 is 1.95 bits per heavy atom. The SMILES string of the molecule is O=C1CC(c2ccc(Br)c(Cl)c2)Oc2cc(Br)ccc21. The Hall–Kier alpha value is -0.840. The summed E-state index contributed by atoms with van der Waals surface area (Å²) in [6.45, 7) is 0. The number of benzene rings is 2. The maximum atomic E-state index is 12.2. The monoisotopic (exact) mass is 414 g/mol. The number of fused-ring (bicyclic) bond motifs is 1. The maximum Gasteiger partial charge on any atom is 0.170 e. The molecule has 0 radical (unpaired) electrons. The van der Waals surface area contributed by atoms with Crippen LogP contribution in [0.3, 0.4) is 0 Å². The van der Waals surface area contributed by atoms with E-state index in [2.05, 4.69) is 31.9 Å². The first-order valence-corrected chi connectivity index (χ1v) is 7.95. The van der Waals surface area contributed by atoms with E-state index in [1.165, 1.54) is 0 Å². The van der Waals surface area contributed by atoms with Crippen molar-refractivity contribution in [2.75, 3.05) is 0 Å². The van der Waals surface area contributed by atoms with Crippen molar-refractivity contribution in [2.24, 2.45) is 0 Å². The van der Waals surface area contributed by atoms with Gasteiger partial charge in [-0.2, -0.15) is 0 Å². The average Bonchev–Trinajstić information content (AvgIpc) is 2.41. The van der Waals surface area contributed by atoms with Crippen molar-refractivity contribution in [1.82, 2.24) is 0 Å². The third-order valence-electron chi connectivity index (χ3n) is 3.20. The van der Waals surface area contributed by atoms with Crippen molar-refractivity contribution in [3.63, 3.8) is 0 Å². The third kappa shape index (κ3) is 2.65. The van der Waals surface area contributed by atoms with E-state index in [0.717, 1.165) is 14.5 Å². The number of Topliss-reactive ketones (excluding diaryl/α,β-unsaturated/α-hetero) is 1. The van der Waals surface area contributed by atoms with Crippen LogP contribution in [0.4, 0.5) is 0 Å². The minimum absolute atomic E-state index is 0.0859. The molecule has 0 amide bonds. The fourth-order valence-corrected chi connectivity index (χ4v) is 2.97. The number of ether oxygens (including phenoxy) is 1. The van der Waals surface area contributed by atoms with Gasteiger partial charge in [-0.3, -0.25) is 4.79 Å². The molecular formula is C15H9Br2ClO2. The highest BCUT2D eigenvalue weighted by molar-refractivity contribution is 9.10. The number of hydrogen-bond acceptors (Lipinski definition) is 2. The summed E-state index contributed by atoms with van der Waals surface area (Å²) in [6, 6.07) is 11.1. The topological polar surface area (TPSA) is 26.3 Å². The van der Waals surface area contributed by atoms with Crippen LogP contribution in [0, 0.1) is 0 Å². The Labute approximate surface area is 138 Å². The number of carbonyl (C=O) groups excluding carboxylic acids is 1. The van der Waals surface area contributed by atoms with Crippen LogP contribution in [0.1, 0.15) is 28.4 Å². The maximum absolute atomic E-state index is 12.2. The molecule has 3 rings (SSSR count). The molecule has 0 aromatic heterocycles. The van der Waals surface area contributed by atoms with Crippen molar-refractivity contribution >= 4 is 49.2 Å². The first kappa shape index (κ1) is 14.1. The zero-order valence-corrected chi connectivity index (χ0v) is 14.1. The third-order valence-corrected chi connectivity index (χ3v) is 4.93. The Bertz CT molecular complexity index is 700. The lowest BCUT2D eigenvalue weighted by atomic mass is 9.96. The van der Waals surface area contributed by atoms with E-state index >= 15 is 0 Å². The van der Waals surface area contributed by atoms with E-state index in [1.807, 2.05) is 30.3 Å².